The van der Waals surface area contributed by atoms with Crippen LogP contribution in [0.3, 0.4) is 0 Å². The van der Waals surface area contributed by atoms with Crippen LogP contribution < -0.4 is 5.32 Å². The summed E-state index contributed by atoms with van der Waals surface area (Å²) in [5, 5.41) is 14.4. The van der Waals surface area contributed by atoms with E-state index in [2.05, 4.69) is 10.3 Å². The molecule has 1 aliphatic carbocycles. The zero-order valence-electron chi connectivity index (χ0n) is 16.1. The lowest BCUT2D eigenvalue weighted by atomic mass is 9.88. The van der Waals surface area contributed by atoms with Crippen molar-refractivity contribution in [1.82, 2.24) is 14.9 Å². The van der Waals surface area contributed by atoms with E-state index in [-0.39, 0.29) is 17.5 Å². The number of nitrogens with one attached hydrogen (secondary N) is 1. The number of amides is 1. The summed E-state index contributed by atoms with van der Waals surface area (Å²) < 4.78 is 6.99. The summed E-state index contributed by atoms with van der Waals surface area (Å²) in [4.78, 5) is 28.1. The molecule has 1 saturated carbocycles. The van der Waals surface area contributed by atoms with E-state index < -0.39 is 4.92 Å². The summed E-state index contributed by atoms with van der Waals surface area (Å²) in [7, 11) is 0. The molecule has 1 aromatic heterocycles. The number of aromatic nitrogens is 2. The highest BCUT2D eigenvalue weighted by Crippen LogP contribution is 2.34. The number of hydrogen-bond donors (Lipinski definition) is 1. The second kappa shape index (κ2) is 9.45. The van der Waals surface area contributed by atoms with Crippen LogP contribution in [0.15, 0.2) is 30.6 Å². The first-order valence-electron chi connectivity index (χ1n) is 9.79. The van der Waals surface area contributed by atoms with Crippen LogP contribution in [0.25, 0.3) is 5.69 Å². The van der Waals surface area contributed by atoms with Gasteiger partial charge in [0.1, 0.15) is 11.5 Å². The molecular weight excluding hydrogens is 360 g/mol. The number of rotatable bonds is 8. The number of carbonyl (C=O) groups excluding carboxylic acids is 1. The highest BCUT2D eigenvalue weighted by molar-refractivity contribution is 5.95. The lowest BCUT2D eigenvalue weighted by Gasteiger charge is -2.22. The van der Waals surface area contributed by atoms with Crippen LogP contribution in [0.5, 0.6) is 0 Å². The molecule has 1 N–H and O–H groups in total. The first kappa shape index (κ1) is 20.0. The van der Waals surface area contributed by atoms with Gasteiger partial charge in [0.05, 0.1) is 11.5 Å². The lowest BCUT2D eigenvalue weighted by molar-refractivity contribution is -0.384. The highest BCUT2D eigenvalue weighted by Gasteiger charge is 2.25. The third-order valence-electron chi connectivity index (χ3n) is 5.07. The number of nitro benzene ring substituents is 1. The number of nitrogens with zero attached hydrogens (tertiary/aromatic N) is 3. The fourth-order valence-corrected chi connectivity index (χ4v) is 3.68. The zero-order valence-corrected chi connectivity index (χ0v) is 16.1. The van der Waals surface area contributed by atoms with Gasteiger partial charge in [-0.3, -0.25) is 19.5 Å². The molecular formula is C20H26N4O4. The normalized spacial score (nSPS) is 14.8. The van der Waals surface area contributed by atoms with Crippen molar-refractivity contribution in [3.8, 4) is 5.69 Å². The second-order valence-electron chi connectivity index (χ2n) is 6.90. The second-order valence-corrected chi connectivity index (χ2v) is 6.90. The fraction of sp³-hybridized carbons (Fsp3) is 0.500. The number of ether oxygens (including phenoxy) is 1. The molecule has 1 heterocycles. The number of nitro groups is 1. The number of hydrogen-bond acceptors (Lipinski definition) is 5. The van der Waals surface area contributed by atoms with Gasteiger partial charge in [-0.05, 0) is 31.9 Å². The predicted octanol–water partition coefficient (Wildman–Crippen LogP) is 3.59. The zero-order chi connectivity index (χ0) is 19.9. The molecule has 0 bridgehead atoms. The van der Waals surface area contributed by atoms with Crippen molar-refractivity contribution in [2.45, 2.75) is 44.9 Å². The first-order valence-corrected chi connectivity index (χ1v) is 9.79. The smallest absolute Gasteiger partial charge is 0.293 e. The Morgan fingerprint density at radius 3 is 2.86 bits per heavy atom. The van der Waals surface area contributed by atoms with Gasteiger partial charge in [0, 0.05) is 43.1 Å². The summed E-state index contributed by atoms with van der Waals surface area (Å²) in [5.41, 5.74) is 0.710. The molecule has 28 heavy (non-hydrogen) atoms. The van der Waals surface area contributed by atoms with E-state index in [1.165, 1.54) is 18.6 Å². The van der Waals surface area contributed by atoms with Gasteiger partial charge >= 0.3 is 0 Å². The molecule has 150 valence electrons. The van der Waals surface area contributed by atoms with Crippen molar-refractivity contribution < 1.29 is 14.5 Å². The molecule has 0 spiro atoms. The van der Waals surface area contributed by atoms with Crippen LogP contribution in [-0.4, -0.2) is 40.1 Å². The lowest BCUT2D eigenvalue weighted by Crippen LogP contribution is -2.27. The topological polar surface area (TPSA) is 99.3 Å². The van der Waals surface area contributed by atoms with Crippen molar-refractivity contribution in [3.05, 3.63) is 52.1 Å². The third-order valence-corrected chi connectivity index (χ3v) is 5.07. The Kier molecular flexibility index (Phi) is 6.76. The van der Waals surface area contributed by atoms with Gasteiger partial charge in [-0.25, -0.2) is 4.98 Å². The molecule has 0 unspecified atom stereocenters. The summed E-state index contributed by atoms with van der Waals surface area (Å²) in [6, 6.07) is 4.44. The van der Waals surface area contributed by atoms with Gasteiger partial charge in [-0.15, -0.1) is 0 Å². The van der Waals surface area contributed by atoms with Gasteiger partial charge in [0.2, 0.25) is 0 Å². The molecule has 8 nitrogen and oxygen atoms in total. The van der Waals surface area contributed by atoms with Crippen molar-refractivity contribution in [1.29, 1.82) is 0 Å². The summed E-state index contributed by atoms with van der Waals surface area (Å²) in [6.07, 6.45) is 8.97. The Balaban J connectivity index is 1.90. The van der Waals surface area contributed by atoms with Gasteiger partial charge < -0.3 is 10.1 Å². The molecule has 0 aliphatic heterocycles. The maximum absolute atomic E-state index is 12.4. The van der Waals surface area contributed by atoms with Crippen molar-refractivity contribution in [2.24, 2.45) is 0 Å². The molecule has 0 atom stereocenters. The van der Waals surface area contributed by atoms with E-state index >= 15 is 0 Å². The monoisotopic (exact) mass is 386 g/mol. The Bertz CT molecular complexity index is 827. The molecule has 1 amide bonds. The Morgan fingerprint density at radius 1 is 1.36 bits per heavy atom. The highest BCUT2D eigenvalue weighted by atomic mass is 16.6. The van der Waals surface area contributed by atoms with Crippen molar-refractivity contribution in [3.63, 3.8) is 0 Å². The predicted molar refractivity (Wildman–Crippen MR) is 105 cm³/mol. The molecule has 0 radical (unpaired) electrons. The molecule has 3 rings (SSSR count). The van der Waals surface area contributed by atoms with Crippen molar-refractivity contribution >= 4 is 11.6 Å². The maximum atomic E-state index is 12.4. The molecule has 0 saturated heterocycles. The minimum Gasteiger partial charge on any atom is -0.380 e. The number of benzene rings is 1. The van der Waals surface area contributed by atoms with E-state index in [1.807, 2.05) is 6.92 Å². The quantitative estimate of drug-likeness (QED) is 0.424. The summed E-state index contributed by atoms with van der Waals surface area (Å²) in [6.45, 7) is 3.29. The summed E-state index contributed by atoms with van der Waals surface area (Å²) in [5.74, 6) is 0.832. The third kappa shape index (κ3) is 4.56. The van der Waals surface area contributed by atoms with Crippen LogP contribution in [0.2, 0.25) is 0 Å². The van der Waals surface area contributed by atoms with Crippen LogP contribution in [0.1, 0.15) is 61.1 Å². The number of imidazole rings is 1. The number of carbonyl (C=O) groups is 1. The average Bonchev–Trinajstić information content (AvgIpc) is 3.21. The maximum Gasteiger partial charge on any atom is 0.293 e. The summed E-state index contributed by atoms with van der Waals surface area (Å²) >= 11 is 0. The molecule has 1 aromatic carbocycles. The van der Waals surface area contributed by atoms with Crippen LogP contribution in [0.4, 0.5) is 5.69 Å². The Labute approximate surface area is 164 Å². The van der Waals surface area contributed by atoms with Crippen molar-refractivity contribution in [2.75, 3.05) is 19.8 Å². The SMILES string of the molecule is CCOCCNC(=O)c1ccc([N+](=O)[O-])c(-n2ccnc2C2CCCCC2)c1. The van der Waals surface area contributed by atoms with Gasteiger partial charge in [-0.1, -0.05) is 19.3 Å². The van der Waals surface area contributed by atoms with E-state index in [0.717, 1.165) is 31.5 Å². The van der Waals surface area contributed by atoms with Gasteiger partial charge in [-0.2, -0.15) is 0 Å². The van der Waals surface area contributed by atoms with Crippen LogP contribution in [0, 0.1) is 10.1 Å². The van der Waals surface area contributed by atoms with E-state index in [9.17, 15) is 14.9 Å². The Hall–Kier alpha value is -2.74. The van der Waals surface area contributed by atoms with E-state index in [0.29, 0.717) is 31.0 Å². The minimum atomic E-state index is -0.420. The van der Waals surface area contributed by atoms with Gasteiger partial charge in [0.15, 0.2) is 0 Å². The fourth-order valence-electron chi connectivity index (χ4n) is 3.68. The van der Waals surface area contributed by atoms with Crippen LogP contribution >= 0.6 is 0 Å². The largest absolute Gasteiger partial charge is 0.380 e. The average molecular weight is 386 g/mol. The molecule has 1 aliphatic rings. The van der Waals surface area contributed by atoms with Crippen LogP contribution in [-0.2, 0) is 4.74 Å². The first-order chi connectivity index (χ1) is 13.6. The molecule has 1 fully saturated rings. The Morgan fingerprint density at radius 2 is 2.14 bits per heavy atom. The van der Waals surface area contributed by atoms with E-state index in [1.54, 1.807) is 23.0 Å². The molecule has 8 heteroatoms. The minimum absolute atomic E-state index is 0.0408. The molecule has 2 aromatic rings. The van der Waals surface area contributed by atoms with Gasteiger partial charge in [0.25, 0.3) is 11.6 Å². The van der Waals surface area contributed by atoms with E-state index in [4.69, 9.17) is 4.74 Å². The standard InChI is InChI=1S/C20H26N4O4/c1-2-28-13-11-22-20(25)16-8-9-17(24(26)27)18(14-16)23-12-10-21-19(23)15-6-4-3-5-7-15/h8-10,12,14-15H,2-7,11,13H2,1H3,(H,22,25).